The van der Waals surface area contributed by atoms with Gasteiger partial charge >= 0.3 is 0 Å². The van der Waals surface area contributed by atoms with Crippen molar-refractivity contribution >= 4 is 0 Å². The number of rotatable bonds is 4. The Morgan fingerprint density at radius 2 is 1.73 bits per heavy atom. The minimum Gasteiger partial charge on any atom is -0.376 e. The topological polar surface area (TPSA) is 3.24 Å². The van der Waals surface area contributed by atoms with Gasteiger partial charge in [-0.25, -0.2) is 0 Å². The predicted octanol–water partition coefficient (Wildman–Crippen LogP) is 2.89. The Morgan fingerprint density at radius 3 is 2.00 bits per heavy atom. The van der Waals surface area contributed by atoms with Gasteiger partial charge in [-0.1, -0.05) is 20.4 Å². The van der Waals surface area contributed by atoms with E-state index in [1.165, 1.54) is 5.70 Å². The maximum atomic E-state index is 4.04. The first kappa shape index (κ1) is 10.5. The number of nitrogens with zero attached hydrogens (tertiary/aromatic N) is 1. The minimum absolute atomic E-state index is 0.571. The quantitative estimate of drug-likeness (QED) is 0.603. The fraction of sp³-hybridized carbons (Fsp3) is 0.800. The number of hydrogen-bond acceptors (Lipinski definition) is 1. The van der Waals surface area contributed by atoms with Crippen LogP contribution in [0.3, 0.4) is 0 Å². The maximum absolute atomic E-state index is 4.04. The molecule has 0 saturated heterocycles. The summed E-state index contributed by atoms with van der Waals surface area (Å²) in [4.78, 5) is 2.24. The fourth-order valence-corrected chi connectivity index (χ4v) is 0.980. The molecule has 0 bridgehead atoms. The van der Waals surface area contributed by atoms with E-state index in [1.807, 2.05) is 0 Å². The van der Waals surface area contributed by atoms with E-state index in [1.54, 1.807) is 0 Å². The summed E-state index contributed by atoms with van der Waals surface area (Å²) in [5, 5.41) is 0. The molecule has 0 saturated carbocycles. The van der Waals surface area contributed by atoms with Gasteiger partial charge in [-0.15, -0.1) is 0 Å². The Hall–Kier alpha value is -0.460. The maximum Gasteiger partial charge on any atom is 0.0226 e. The molecule has 0 fully saturated rings. The lowest BCUT2D eigenvalue weighted by Crippen LogP contribution is -2.25. The average molecular weight is 155 g/mol. The van der Waals surface area contributed by atoms with Crippen LogP contribution in [0.4, 0.5) is 0 Å². The van der Waals surface area contributed by atoms with Crippen LogP contribution in [0.15, 0.2) is 12.3 Å². The zero-order valence-electron chi connectivity index (χ0n) is 8.52. The lowest BCUT2D eigenvalue weighted by Gasteiger charge is -2.26. The zero-order valence-corrected chi connectivity index (χ0v) is 8.52. The van der Waals surface area contributed by atoms with E-state index >= 15 is 0 Å². The Bertz CT molecular complexity index is 125. The molecule has 11 heavy (non-hydrogen) atoms. The Balaban J connectivity index is 3.83. The summed E-state index contributed by atoms with van der Waals surface area (Å²) >= 11 is 0. The smallest absolute Gasteiger partial charge is 0.0226 e. The van der Waals surface area contributed by atoms with Crippen molar-refractivity contribution in [3.8, 4) is 0 Å². The molecular weight excluding hydrogens is 134 g/mol. The van der Waals surface area contributed by atoms with Crippen molar-refractivity contribution in [1.82, 2.24) is 4.90 Å². The van der Waals surface area contributed by atoms with E-state index in [0.29, 0.717) is 12.0 Å². The highest BCUT2D eigenvalue weighted by Crippen LogP contribution is 2.13. The third-order valence-electron chi connectivity index (χ3n) is 1.92. The van der Waals surface area contributed by atoms with Crippen molar-refractivity contribution in [2.24, 2.45) is 5.92 Å². The normalized spacial score (nSPS) is 10.8. The molecule has 66 valence electrons. The molecule has 0 aliphatic rings. The van der Waals surface area contributed by atoms with Gasteiger partial charge in [0, 0.05) is 18.8 Å². The van der Waals surface area contributed by atoms with E-state index < -0.39 is 0 Å². The van der Waals surface area contributed by atoms with Crippen molar-refractivity contribution in [2.75, 3.05) is 7.05 Å². The van der Waals surface area contributed by atoms with Crippen LogP contribution < -0.4 is 0 Å². The zero-order chi connectivity index (χ0) is 9.02. The third kappa shape index (κ3) is 4.07. The van der Waals surface area contributed by atoms with Gasteiger partial charge in [-0.05, 0) is 26.2 Å². The second-order valence-corrected chi connectivity index (χ2v) is 3.87. The molecule has 0 aliphatic carbocycles. The van der Waals surface area contributed by atoms with E-state index in [0.717, 1.165) is 6.42 Å². The lowest BCUT2D eigenvalue weighted by atomic mass is 10.1. The van der Waals surface area contributed by atoms with Crippen LogP contribution >= 0.6 is 0 Å². The molecule has 0 aliphatic heterocycles. The fourth-order valence-electron chi connectivity index (χ4n) is 0.980. The molecule has 0 aromatic rings. The van der Waals surface area contributed by atoms with Crippen LogP contribution in [0, 0.1) is 5.92 Å². The second-order valence-electron chi connectivity index (χ2n) is 3.87. The average Bonchev–Trinajstić information content (AvgIpc) is 1.84. The van der Waals surface area contributed by atoms with Crippen molar-refractivity contribution in [1.29, 1.82) is 0 Å². The van der Waals surface area contributed by atoms with Gasteiger partial charge in [0.15, 0.2) is 0 Å². The Labute approximate surface area is 71.1 Å². The SMILES string of the molecule is C=C(CC(C)C)N(C)C(C)C. The summed E-state index contributed by atoms with van der Waals surface area (Å²) < 4.78 is 0. The number of hydrogen-bond donors (Lipinski definition) is 0. The molecule has 1 nitrogen and oxygen atoms in total. The molecule has 0 rings (SSSR count). The third-order valence-corrected chi connectivity index (χ3v) is 1.92. The molecule has 1 heteroatoms. The second kappa shape index (κ2) is 4.42. The van der Waals surface area contributed by atoms with Gasteiger partial charge < -0.3 is 4.90 Å². The van der Waals surface area contributed by atoms with Gasteiger partial charge in [-0.3, -0.25) is 0 Å². The van der Waals surface area contributed by atoms with E-state index in [-0.39, 0.29) is 0 Å². The highest BCUT2D eigenvalue weighted by Gasteiger charge is 2.06. The van der Waals surface area contributed by atoms with Crippen molar-refractivity contribution in [3.63, 3.8) is 0 Å². The largest absolute Gasteiger partial charge is 0.376 e. The minimum atomic E-state index is 0.571. The molecule has 0 radical (unpaired) electrons. The van der Waals surface area contributed by atoms with Gasteiger partial charge in [0.25, 0.3) is 0 Å². The van der Waals surface area contributed by atoms with E-state index in [4.69, 9.17) is 0 Å². The van der Waals surface area contributed by atoms with Crippen LogP contribution in [0.2, 0.25) is 0 Å². The number of allylic oxidation sites excluding steroid dienone is 1. The van der Waals surface area contributed by atoms with Gasteiger partial charge in [0.05, 0.1) is 0 Å². The predicted molar refractivity (Wildman–Crippen MR) is 51.5 cm³/mol. The van der Waals surface area contributed by atoms with Gasteiger partial charge in [0.1, 0.15) is 0 Å². The summed E-state index contributed by atoms with van der Waals surface area (Å²) in [5.41, 5.74) is 1.25. The van der Waals surface area contributed by atoms with Gasteiger partial charge in [-0.2, -0.15) is 0 Å². The summed E-state index contributed by atoms with van der Waals surface area (Å²) in [5.74, 6) is 0.712. The van der Waals surface area contributed by atoms with Gasteiger partial charge in [0.2, 0.25) is 0 Å². The van der Waals surface area contributed by atoms with Crippen LogP contribution in [-0.2, 0) is 0 Å². The van der Waals surface area contributed by atoms with Crippen molar-refractivity contribution in [2.45, 2.75) is 40.2 Å². The van der Waals surface area contributed by atoms with Crippen LogP contribution in [0.5, 0.6) is 0 Å². The first-order valence-corrected chi connectivity index (χ1v) is 4.35. The Morgan fingerprint density at radius 1 is 1.27 bits per heavy atom. The standard InChI is InChI=1S/C10H21N/c1-8(2)7-10(5)11(6)9(3)4/h8-9H,5,7H2,1-4,6H3. The highest BCUT2D eigenvalue weighted by atomic mass is 15.1. The molecule has 0 amide bonds. The monoisotopic (exact) mass is 155 g/mol. The van der Waals surface area contributed by atoms with Crippen LogP contribution in [0.1, 0.15) is 34.1 Å². The first-order chi connectivity index (χ1) is 4.95. The van der Waals surface area contributed by atoms with E-state index in [9.17, 15) is 0 Å². The molecule has 0 heterocycles. The molecule has 0 unspecified atom stereocenters. The van der Waals surface area contributed by atoms with Crippen molar-refractivity contribution in [3.05, 3.63) is 12.3 Å². The molecule has 0 atom stereocenters. The Kier molecular flexibility index (Phi) is 4.24. The first-order valence-electron chi connectivity index (χ1n) is 4.35. The molecule has 0 aromatic heterocycles. The molecule has 0 aromatic carbocycles. The van der Waals surface area contributed by atoms with Crippen molar-refractivity contribution < 1.29 is 0 Å². The molecular formula is C10H21N. The lowest BCUT2D eigenvalue weighted by molar-refractivity contribution is 0.323. The molecule has 0 N–H and O–H groups in total. The van der Waals surface area contributed by atoms with E-state index in [2.05, 4.69) is 46.2 Å². The highest BCUT2D eigenvalue weighted by molar-refractivity contribution is 4.94. The summed E-state index contributed by atoms with van der Waals surface area (Å²) in [7, 11) is 2.11. The summed E-state index contributed by atoms with van der Waals surface area (Å²) in [6.07, 6.45) is 1.11. The summed E-state index contributed by atoms with van der Waals surface area (Å²) in [6, 6.07) is 0.571. The molecule has 0 spiro atoms. The van der Waals surface area contributed by atoms with Crippen LogP contribution in [-0.4, -0.2) is 18.0 Å². The van der Waals surface area contributed by atoms with Crippen LogP contribution in [0.25, 0.3) is 0 Å². The summed E-state index contributed by atoms with van der Waals surface area (Å²) in [6.45, 7) is 12.9.